The number of nitrogens with zero attached hydrogens (tertiary/aromatic N) is 5. The van der Waals surface area contributed by atoms with Crippen molar-refractivity contribution in [3.8, 4) is 10.7 Å². The highest BCUT2D eigenvalue weighted by molar-refractivity contribution is 7.16. The number of hydrogen-bond acceptors (Lipinski definition) is 5. The van der Waals surface area contributed by atoms with Crippen LogP contribution in [0.5, 0.6) is 0 Å². The molecule has 0 aromatic carbocycles. The molecular weight excluding hydrogens is 322 g/mol. The molecule has 0 unspecified atom stereocenters. The minimum absolute atomic E-state index is 0.0221. The molecule has 0 fully saturated rings. The van der Waals surface area contributed by atoms with Crippen LogP contribution in [0.2, 0.25) is 0 Å². The maximum Gasteiger partial charge on any atom is 0.237 e. The summed E-state index contributed by atoms with van der Waals surface area (Å²) < 4.78 is 1.80. The van der Waals surface area contributed by atoms with E-state index in [0.717, 1.165) is 22.9 Å². The Morgan fingerprint density at radius 1 is 1.45 bits per heavy atom. The fraction of sp³-hybridized carbons (Fsp3) is 0.429. The normalized spacial score (nSPS) is 15.0. The summed E-state index contributed by atoms with van der Waals surface area (Å²) in [5, 5.41) is 5.37. The number of alkyl halides is 1. The first-order valence-corrected chi connectivity index (χ1v) is 8.45. The van der Waals surface area contributed by atoms with Gasteiger partial charge in [-0.1, -0.05) is 6.08 Å². The molecule has 3 rings (SSSR count). The van der Waals surface area contributed by atoms with Crippen molar-refractivity contribution in [3.05, 3.63) is 23.6 Å². The van der Waals surface area contributed by atoms with Crippen molar-refractivity contribution < 1.29 is 4.79 Å². The number of hydrogen-bond donors (Lipinski definition) is 0. The number of thiazole rings is 1. The van der Waals surface area contributed by atoms with Crippen molar-refractivity contribution in [3.63, 3.8) is 0 Å². The second-order valence-electron chi connectivity index (χ2n) is 4.91. The monoisotopic (exact) mass is 337 g/mol. The van der Waals surface area contributed by atoms with E-state index < -0.39 is 0 Å². The Labute approximate surface area is 137 Å². The highest BCUT2D eigenvalue weighted by Crippen LogP contribution is 2.30. The lowest BCUT2D eigenvalue weighted by Crippen LogP contribution is -2.35. The predicted molar refractivity (Wildman–Crippen MR) is 86.7 cm³/mol. The number of aryl methyl sites for hydroxylation is 1. The lowest BCUT2D eigenvalue weighted by molar-refractivity contribution is -0.128. The molecule has 0 spiro atoms. The molecule has 2 aromatic rings. The van der Waals surface area contributed by atoms with Crippen molar-refractivity contribution in [1.29, 1.82) is 0 Å². The third-order valence-corrected chi connectivity index (χ3v) is 4.83. The number of carbonyl (C=O) groups is 1. The van der Waals surface area contributed by atoms with Crippen LogP contribution in [0.25, 0.3) is 16.3 Å². The Hall–Kier alpha value is -1.73. The molecule has 2 aromatic heterocycles. The van der Waals surface area contributed by atoms with E-state index in [2.05, 4.69) is 21.1 Å². The lowest BCUT2D eigenvalue weighted by Gasteiger charge is -2.25. The standard InChI is InChI=1S/C14H16ClN5OS/c1-2-20-9-17-13(18-20)11-8-16-14(22-11)10-3-5-19(6-4-10)12(21)7-15/h3,8-9H,2,4-7H2,1H3. The molecule has 1 aliphatic rings. The maximum atomic E-state index is 11.6. The average molecular weight is 338 g/mol. The third kappa shape index (κ3) is 3.05. The number of carbonyl (C=O) groups excluding carboxylic acids is 1. The zero-order chi connectivity index (χ0) is 15.5. The molecule has 0 bridgehead atoms. The van der Waals surface area contributed by atoms with Gasteiger partial charge in [-0.2, -0.15) is 5.10 Å². The zero-order valence-electron chi connectivity index (χ0n) is 12.2. The molecule has 0 saturated carbocycles. The maximum absolute atomic E-state index is 11.6. The number of rotatable bonds is 4. The first-order chi connectivity index (χ1) is 10.7. The Kier molecular flexibility index (Phi) is 4.54. The summed E-state index contributed by atoms with van der Waals surface area (Å²) in [6, 6.07) is 0. The van der Waals surface area contributed by atoms with Crippen LogP contribution in [-0.4, -0.2) is 49.5 Å². The van der Waals surface area contributed by atoms with E-state index >= 15 is 0 Å². The Bertz CT molecular complexity index is 708. The summed E-state index contributed by atoms with van der Waals surface area (Å²) in [5.41, 5.74) is 1.17. The predicted octanol–water partition coefficient (Wildman–Crippen LogP) is 2.28. The minimum atomic E-state index is -0.0221. The molecule has 0 N–H and O–H groups in total. The summed E-state index contributed by atoms with van der Waals surface area (Å²) in [4.78, 5) is 23.1. The molecule has 116 valence electrons. The molecule has 0 atom stereocenters. The van der Waals surface area contributed by atoms with E-state index in [1.165, 1.54) is 5.57 Å². The number of amides is 1. The second-order valence-corrected chi connectivity index (χ2v) is 6.20. The minimum Gasteiger partial charge on any atom is -0.338 e. The van der Waals surface area contributed by atoms with Gasteiger partial charge in [-0.05, 0) is 18.9 Å². The van der Waals surface area contributed by atoms with E-state index in [1.54, 1.807) is 27.2 Å². The molecule has 22 heavy (non-hydrogen) atoms. The van der Waals surface area contributed by atoms with Gasteiger partial charge in [0.2, 0.25) is 5.91 Å². The summed E-state index contributed by atoms with van der Waals surface area (Å²) >= 11 is 7.17. The van der Waals surface area contributed by atoms with Gasteiger partial charge in [-0.3, -0.25) is 9.48 Å². The fourth-order valence-electron chi connectivity index (χ4n) is 2.26. The van der Waals surface area contributed by atoms with Crippen LogP contribution in [0.3, 0.4) is 0 Å². The van der Waals surface area contributed by atoms with Crippen LogP contribution in [0.15, 0.2) is 18.6 Å². The summed E-state index contributed by atoms with van der Waals surface area (Å²) in [6.45, 7) is 4.11. The van der Waals surface area contributed by atoms with Crippen LogP contribution in [-0.2, 0) is 11.3 Å². The lowest BCUT2D eigenvalue weighted by atomic mass is 10.1. The van der Waals surface area contributed by atoms with E-state index in [1.807, 2.05) is 13.1 Å². The van der Waals surface area contributed by atoms with E-state index in [9.17, 15) is 4.79 Å². The van der Waals surface area contributed by atoms with Gasteiger partial charge in [0.05, 0.1) is 4.88 Å². The van der Waals surface area contributed by atoms with Crippen LogP contribution < -0.4 is 0 Å². The van der Waals surface area contributed by atoms with Crippen molar-refractivity contribution in [2.24, 2.45) is 0 Å². The van der Waals surface area contributed by atoms with Gasteiger partial charge < -0.3 is 4.90 Å². The van der Waals surface area contributed by atoms with Gasteiger partial charge in [-0.15, -0.1) is 22.9 Å². The highest BCUT2D eigenvalue weighted by atomic mass is 35.5. The molecular formula is C14H16ClN5OS. The second kappa shape index (κ2) is 6.58. The van der Waals surface area contributed by atoms with Gasteiger partial charge in [-0.25, -0.2) is 9.97 Å². The Morgan fingerprint density at radius 2 is 2.32 bits per heavy atom. The molecule has 6 nitrogen and oxygen atoms in total. The van der Waals surface area contributed by atoms with Gasteiger partial charge in [0, 0.05) is 25.8 Å². The first-order valence-electron chi connectivity index (χ1n) is 7.10. The largest absolute Gasteiger partial charge is 0.338 e. The average Bonchev–Trinajstić information content (AvgIpc) is 3.23. The molecule has 0 radical (unpaired) electrons. The van der Waals surface area contributed by atoms with Gasteiger partial charge in [0.1, 0.15) is 17.2 Å². The van der Waals surface area contributed by atoms with E-state index in [-0.39, 0.29) is 11.8 Å². The number of halogens is 1. The molecule has 1 amide bonds. The van der Waals surface area contributed by atoms with E-state index in [4.69, 9.17) is 11.6 Å². The molecule has 3 heterocycles. The van der Waals surface area contributed by atoms with Crippen molar-refractivity contribution in [1.82, 2.24) is 24.6 Å². The van der Waals surface area contributed by atoms with Crippen LogP contribution in [0, 0.1) is 0 Å². The van der Waals surface area contributed by atoms with Crippen molar-refractivity contribution in [2.75, 3.05) is 19.0 Å². The smallest absolute Gasteiger partial charge is 0.237 e. The molecule has 0 aliphatic carbocycles. The van der Waals surface area contributed by atoms with Crippen LogP contribution in [0.4, 0.5) is 0 Å². The third-order valence-electron chi connectivity index (χ3n) is 3.54. The molecule has 8 heteroatoms. The zero-order valence-corrected chi connectivity index (χ0v) is 13.8. The number of aromatic nitrogens is 4. The van der Waals surface area contributed by atoms with Gasteiger partial charge in [0.15, 0.2) is 5.82 Å². The fourth-order valence-corrected chi connectivity index (χ4v) is 3.35. The van der Waals surface area contributed by atoms with Gasteiger partial charge in [0.25, 0.3) is 0 Å². The quantitative estimate of drug-likeness (QED) is 0.803. The molecule has 0 saturated heterocycles. The SMILES string of the molecule is CCn1cnc(-c2cnc(C3=CCN(C(=O)CCl)CC3)s2)n1. The Morgan fingerprint density at radius 3 is 2.95 bits per heavy atom. The van der Waals surface area contributed by atoms with Crippen molar-refractivity contribution >= 4 is 34.4 Å². The summed E-state index contributed by atoms with van der Waals surface area (Å²) in [6.07, 6.45) is 6.39. The van der Waals surface area contributed by atoms with E-state index in [0.29, 0.717) is 18.9 Å². The van der Waals surface area contributed by atoms with Crippen LogP contribution >= 0.6 is 22.9 Å². The van der Waals surface area contributed by atoms with Gasteiger partial charge >= 0.3 is 0 Å². The summed E-state index contributed by atoms with van der Waals surface area (Å²) in [5.74, 6) is 0.725. The topological polar surface area (TPSA) is 63.9 Å². The Balaban J connectivity index is 1.74. The van der Waals surface area contributed by atoms with Crippen LogP contribution in [0.1, 0.15) is 18.4 Å². The highest BCUT2D eigenvalue weighted by Gasteiger charge is 2.19. The molecule has 1 aliphatic heterocycles. The summed E-state index contributed by atoms with van der Waals surface area (Å²) in [7, 11) is 0. The van der Waals surface area contributed by atoms with Crippen molar-refractivity contribution in [2.45, 2.75) is 19.9 Å². The first kappa shape index (κ1) is 15.2.